The average Bonchev–Trinajstić information content (AvgIpc) is 3.21. The highest BCUT2D eigenvalue weighted by atomic mass is 16.2. The zero-order chi connectivity index (χ0) is 12.8. The summed E-state index contributed by atoms with van der Waals surface area (Å²) in [6, 6.07) is 10.8. The summed E-state index contributed by atoms with van der Waals surface area (Å²) in [5.41, 5.74) is 1.24. The van der Waals surface area contributed by atoms with Crippen LogP contribution < -0.4 is 0 Å². The molecule has 0 atom stereocenters. The normalized spacial score (nSPS) is 14.5. The summed E-state index contributed by atoms with van der Waals surface area (Å²) in [7, 11) is 0. The second-order valence-corrected chi connectivity index (χ2v) is 5.20. The molecule has 1 fully saturated rings. The molecule has 1 aliphatic carbocycles. The maximum absolute atomic E-state index is 12.2. The lowest BCUT2D eigenvalue weighted by atomic mass is 10.1. The van der Waals surface area contributed by atoms with Crippen LogP contribution in [0.5, 0.6) is 0 Å². The molecule has 1 amide bonds. The molecule has 0 saturated heterocycles. The first kappa shape index (κ1) is 13.1. The van der Waals surface area contributed by atoms with Crippen LogP contribution in [-0.2, 0) is 11.3 Å². The van der Waals surface area contributed by atoms with Crippen molar-refractivity contribution in [3.05, 3.63) is 35.9 Å². The first-order valence-electron chi connectivity index (χ1n) is 7.14. The van der Waals surface area contributed by atoms with Crippen LogP contribution in [0.15, 0.2) is 30.3 Å². The van der Waals surface area contributed by atoms with Crippen LogP contribution in [-0.4, -0.2) is 16.8 Å². The van der Waals surface area contributed by atoms with E-state index >= 15 is 0 Å². The molecule has 0 heterocycles. The van der Waals surface area contributed by atoms with E-state index in [1.165, 1.54) is 24.8 Å². The summed E-state index contributed by atoms with van der Waals surface area (Å²) in [5, 5.41) is 0. The van der Waals surface area contributed by atoms with Gasteiger partial charge in [-0.25, -0.2) is 0 Å². The van der Waals surface area contributed by atoms with Crippen molar-refractivity contribution in [2.24, 2.45) is 0 Å². The lowest BCUT2D eigenvalue weighted by Crippen LogP contribution is -2.32. The number of carbonyl (C=O) groups is 1. The molecular formula is C16H23NO. The summed E-state index contributed by atoms with van der Waals surface area (Å²) in [4.78, 5) is 14.3. The fraction of sp³-hybridized carbons (Fsp3) is 0.562. The van der Waals surface area contributed by atoms with Gasteiger partial charge >= 0.3 is 0 Å². The number of benzene rings is 1. The molecule has 0 aromatic heterocycles. The molecule has 98 valence electrons. The number of hydrogen-bond acceptors (Lipinski definition) is 1. The van der Waals surface area contributed by atoms with E-state index in [0.29, 0.717) is 11.9 Å². The van der Waals surface area contributed by atoms with Crippen LogP contribution in [0.4, 0.5) is 0 Å². The van der Waals surface area contributed by atoms with Gasteiger partial charge in [-0.05, 0) is 24.8 Å². The van der Waals surface area contributed by atoms with Gasteiger partial charge in [-0.3, -0.25) is 4.79 Å². The van der Waals surface area contributed by atoms with Gasteiger partial charge in [-0.1, -0.05) is 50.1 Å². The molecule has 1 aromatic rings. The van der Waals surface area contributed by atoms with Gasteiger partial charge < -0.3 is 4.90 Å². The third-order valence-electron chi connectivity index (χ3n) is 3.50. The van der Waals surface area contributed by atoms with Gasteiger partial charge in [0.2, 0.25) is 5.91 Å². The molecular weight excluding hydrogens is 222 g/mol. The van der Waals surface area contributed by atoms with Crippen molar-refractivity contribution in [2.75, 3.05) is 0 Å². The first-order valence-corrected chi connectivity index (χ1v) is 7.14. The Morgan fingerprint density at radius 1 is 1.22 bits per heavy atom. The summed E-state index contributed by atoms with van der Waals surface area (Å²) in [5.74, 6) is 0.342. The van der Waals surface area contributed by atoms with Gasteiger partial charge in [0.15, 0.2) is 0 Å². The Balaban J connectivity index is 1.89. The summed E-state index contributed by atoms with van der Waals surface area (Å²) >= 11 is 0. The number of rotatable bonds is 7. The van der Waals surface area contributed by atoms with E-state index in [1.54, 1.807) is 0 Å². The van der Waals surface area contributed by atoms with Crippen LogP contribution in [0, 0.1) is 0 Å². The van der Waals surface area contributed by atoms with Crippen LogP contribution >= 0.6 is 0 Å². The SMILES string of the molecule is CCCCCC(=O)N(Cc1ccccc1)C1CC1. The summed E-state index contributed by atoms with van der Waals surface area (Å²) < 4.78 is 0. The molecule has 0 N–H and O–H groups in total. The van der Waals surface area contributed by atoms with E-state index in [-0.39, 0.29) is 0 Å². The van der Waals surface area contributed by atoms with E-state index in [4.69, 9.17) is 0 Å². The highest BCUT2D eigenvalue weighted by Crippen LogP contribution is 2.29. The molecule has 2 rings (SSSR count). The lowest BCUT2D eigenvalue weighted by molar-refractivity contribution is -0.132. The molecule has 1 saturated carbocycles. The van der Waals surface area contributed by atoms with Crippen molar-refractivity contribution in [1.29, 1.82) is 0 Å². The predicted molar refractivity (Wildman–Crippen MR) is 74.2 cm³/mol. The molecule has 0 aliphatic heterocycles. The van der Waals surface area contributed by atoms with Gasteiger partial charge in [-0.2, -0.15) is 0 Å². The Morgan fingerprint density at radius 2 is 1.94 bits per heavy atom. The second kappa shape index (κ2) is 6.58. The van der Waals surface area contributed by atoms with E-state index in [1.807, 2.05) is 18.2 Å². The Morgan fingerprint density at radius 3 is 2.56 bits per heavy atom. The molecule has 0 unspecified atom stereocenters. The first-order chi connectivity index (χ1) is 8.81. The summed E-state index contributed by atoms with van der Waals surface area (Å²) in [6.45, 7) is 2.96. The predicted octanol–water partition coefficient (Wildman–Crippen LogP) is 3.76. The quantitative estimate of drug-likeness (QED) is 0.670. The van der Waals surface area contributed by atoms with Crippen molar-refractivity contribution in [3.63, 3.8) is 0 Å². The molecule has 2 nitrogen and oxygen atoms in total. The van der Waals surface area contributed by atoms with Gasteiger partial charge in [0.05, 0.1) is 0 Å². The zero-order valence-corrected chi connectivity index (χ0v) is 11.3. The van der Waals surface area contributed by atoms with E-state index < -0.39 is 0 Å². The largest absolute Gasteiger partial charge is 0.335 e. The van der Waals surface area contributed by atoms with E-state index in [9.17, 15) is 4.79 Å². The van der Waals surface area contributed by atoms with Crippen LogP contribution in [0.25, 0.3) is 0 Å². The fourth-order valence-electron chi connectivity index (χ4n) is 2.26. The van der Waals surface area contributed by atoms with Crippen molar-refractivity contribution in [2.45, 2.75) is 58.0 Å². The molecule has 1 aromatic carbocycles. The van der Waals surface area contributed by atoms with Crippen LogP contribution in [0.1, 0.15) is 51.0 Å². The molecule has 18 heavy (non-hydrogen) atoms. The minimum absolute atomic E-state index is 0.342. The Hall–Kier alpha value is -1.31. The zero-order valence-electron chi connectivity index (χ0n) is 11.3. The van der Waals surface area contributed by atoms with Crippen LogP contribution in [0.3, 0.4) is 0 Å². The topological polar surface area (TPSA) is 20.3 Å². The lowest BCUT2D eigenvalue weighted by Gasteiger charge is -2.22. The molecule has 0 bridgehead atoms. The minimum atomic E-state index is 0.342. The molecule has 2 heteroatoms. The maximum Gasteiger partial charge on any atom is 0.223 e. The van der Waals surface area contributed by atoms with Crippen LogP contribution in [0.2, 0.25) is 0 Å². The number of unbranched alkanes of at least 4 members (excludes halogenated alkanes) is 2. The smallest absolute Gasteiger partial charge is 0.223 e. The molecule has 0 radical (unpaired) electrons. The van der Waals surface area contributed by atoms with Crippen molar-refractivity contribution < 1.29 is 4.79 Å². The number of amides is 1. The van der Waals surface area contributed by atoms with E-state index in [0.717, 1.165) is 25.8 Å². The Bertz CT molecular complexity index is 370. The average molecular weight is 245 g/mol. The molecule has 0 spiro atoms. The minimum Gasteiger partial charge on any atom is -0.335 e. The highest BCUT2D eigenvalue weighted by Gasteiger charge is 2.31. The number of hydrogen-bond donors (Lipinski definition) is 0. The third-order valence-corrected chi connectivity index (χ3v) is 3.50. The van der Waals surface area contributed by atoms with E-state index in [2.05, 4.69) is 24.0 Å². The van der Waals surface area contributed by atoms with Crippen molar-refractivity contribution in [1.82, 2.24) is 4.90 Å². The third kappa shape index (κ3) is 3.86. The monoisotopic (exact) mass is 245 g/mol. The number of carbonyl (C=O) groups excluding carboxylic acids is 1. The summed E-state index contributed by atoms with van der Waals surface area (Å²) in [6.07, 6.45) is 6.47. The second-order valence-electron chi connectivity index (χ2n) is 5.20. The highest BCUT2D eigenvalue weighted by molar-refractivity contribution is 5.76. The van der Waals surface area contributed by atoms with Gasteiger partial charge in [0.1, 0.15) is 0 Å². The Kier molecular flexibility index (Phi) is 4.80. The van der Waals surface area contributed by atoms with Gasteiger partial charge in [0.25, 0.3) is 0 Å². The maximum atomic E-state index is 12.2. The standard InChI is InChI=1S/C16H23NO/c1-2-3-5-10-16(18)17(15-11-12-15)13-14-8-6-4-7-9-14/h4,6-9,15H,2-3,5,10-13H2,1H3. The van der Waals surface area contributed by atoms with Gasteiger partial charge in [0, 0.05) is 19.0 Å². The van der Waals surface area contributed by atoms with Crippen molar-refractivity contribution in [3.8, 4) is 0 Å². The number of nitrogens with zero attached hydrogens (tertiary/aromatic N) is 1. The molecule has 1 aliphatic rings. The Labute approximate surface area is 110 Å². The fourth-order valence-corrected chi connectivity index (χ4v) is 2.26. The van der Waals surface area contributed by atoms with Gasteiger partial charge in [-0.15, -0.1) is 0 Å². The van der Waals surface area contributed by atoms with Crippen molar-refractivity contribution >= 4 is 5.91 Å².